The number of hydrogen-bond donors (Lipinski definition) is 1. The highest BCUT2D eigenvalue weighted by atomic mass is 79.9. The summed E-state index contributed by atoms with van der Waals surface area (Å²) in [5, 5.41) is 17.8. The van der Waals surface area contributed by atoms with Crippen LogP contribution in [0.15, 0.2) is 46.9 Å². The number of benzene rings is 2. The number of carbonyl (C=O) groups is 1. The average Bonchev–Trinajstić information content (AvgIpc) is 2.95. The van der Waals surface area contributed by atoms with E-state index in [0.29, 0.717) is 29.2 Å². The molecule has 0 saturated heterocycles. The molecule has 1 aromatic heterocycles. The van der Waals surface area contributed by atoms with E-state index in [-0.39, 0.29) is 0 Å². The number of halogens is 1. The first-order chi connectivity index (χ1) is 13.1. The Kier molecular flexibility index (Phi) is 4.42. The molecule has 27 heavy (non-hydrogen) atoms. The standard InChI is InChI=1S/C20H15BrN4O2/c1-27-20(26)13-4-2-12(3-5-13)18-16(11-22)19-23-17-7-6-15(21)10-14(17)8-9-25(19)24-18/h2-7,10,23H,8-9H2,1H3. The number of rotatable bonds is 2. The maximum Gasteiger partial charge on any atom is 0.337 e. The second-order valence-corrected chi connectivity index (χ2v) is 7.07. The van der Waals surface area contributed by atoms with E-state index in [2.05, 4.69) is 38.5 Å². The Bertz CT molecular complexity index is 1080. The highest BCUT2D eigenvalue weighted by Gasteiger charge is 2.23. The van der Waals surface area contributed by atoms with Crippen LogP contribution in [0.1, 0.15) is 21.5 Å². The molecule has 0 unspecified atom stereocenters. The zero-order valence-electron chi connectivity index (χ0n) is 14.5. The quantitative estimate of drug-likeness (QED) is 0.623. The van der Waals surface area contributed by atoms with E-state index in [0.717, 1.165) is 22.1 Å². The van der Waals surface area contributed by atoms with Gasteiger partial charge >= 0.3 is 5.97 Å². The van der Waals surface area contributed by atoms with E-state index in [9.17, 15) is 10.1 Å². The molecule has 0 fully saturated rings. The predicted octanol–water partition coefficient (Wildman–Crippen LogP) is 4.27. The van der Waals surface area contributed by atoms with Crippen LogP contribution in [-0.2, 0) is 17.7 Å². The molecule has 2 aromatic carbocycles. The highest BCUT2D eigenvalue weighted by molar-refractivity contribution is 9.10. The zero-order valence-corrected chi connectivity index (χ0v) is 16.1. The first kappa shape index (κ1) is 17.3. The molecule has 134 valence electrons. The Morgan fingerprint density at radius 3 is 2.78 bits per heavy atom. The van der Waals surface area contributed by atoms with Crippen LogP contribution in [0, 0.1) is 11.3 Å². The molecule has 0 amide bonds. The zero-order chi connectivity index (χ0) is 19.0. The summed E-state index contributed by atoms with van der Waals surface area (Å²) in [6, 6.07) is 15.2. The monoisotopic (exact) mass is 422 g/mol. The summed E-state index contributed by atoms with van der Waals surface area (Å²) in [4.78, 5) is 11.6. The molecule has 7 heteroatoms. The number of carbonyl (C=O) groups excluding carboxylic acids is 1. The molecular formula is C20H15BrN4O2. The van der Waals surface area contributed by atoms with Gasteiger partial charge in [-0.2, -0.15) is 10.4 Å². The third kappa shape index (κ3) is 3.09. The Hall–Kier alpha value is -3.11. The lowest BCUT2D eigenvalue weighted by Crippen LogP contribution is -2.03. The number of esters is 1. The van der Waals surface area contributed by atoms with Crippen LogP contribution in [0.4, 0.5) is 11.5 Å². The van der Waals surface area contributed by atoms with Crippen molar-refractivity contribution in [3.63, 3.8) is 0 Å². The fraction of sp³-hybridized carbons (Fsp3) is 0.150. The molecule has 0 aliphatic carbocycles. The lowest BCUT2D eigenvalue weighted by Gasteiger charge is -2.08. The molecule has 1 aliphatic heterocycles. The van der Waals surface area contributed by atoms with Crippen LogP contribution >= 0.6 is 15.9 Å². The lowest BCUT2D eigenvalue weighted by molar-refractivity contribution is 0.0601. The summed E-state index contributed by atoms with van der Waals surface area (Å²) < 4.78 is 7.58. The number of aromatic nitrogens is 2. The fourth-order valence-corrected chi connectivity index (χ4v) is 3.59. The summed E-state index contributed by atoms with van der Waals surface area (Å²) in [5.74, 6) is 0.290. The molecule has 0 spiro atoms. The number of nitrogens with zero attached hydrogens (tertiary/aromatic N) is 3. The molecule has 0 radical (unpaired) electrons. The van der Waals surface area contributed by atoms with Crippen LogP contribution in [-0.4, -0.2) is 22.9 Å². The maximum atomic E-state index is 11.6. The number of ether oxygens (including phenoxy) is 1. The second-order valence-electron chi connectivity index (χ2n) is 6.15. The van der Waals surface area contributed by atoms with E-state index < -0.39 is 5.97 Å². The molecule has 1 N–H and O–H groups in total. The second kappa shape index (κ2) is 6.89. The molecule has 0 bridgehead atoms. The highest BCUT2D eigenvalue weighted by Crippen LogP contribution is 2.34. The number of aryl methyl sites for hydroxylation is 2. The number of hydrogen-bond acceptors (Lipinski definition) is 5. The van der Waals surface area contributed by atoms with E-state index in [1.165, 1.54) is 12.7 Å². The molecule has 0 saturated carbocycles. The van der Waals surface area contributed by atoms with Gasteiger partial charge in [0.2, 0.25) is 0 Å². The first-order valence-electron chi connectivity index (χ1n) is 8.36. The topological polar surface area (TPSA) is 79.9 Å². The van der Waals surface area contributed by atoms with Crippen molar-refractivity contribution in [3.8, 4) is 17.3 Å². The Morgan fingerprint density at radius 2 is 2.07 bits per heavy atom. The molecule has 1 aliphatic rings. The SMILES string of the molecule is COC(=O)c1ccc(-c2nn3c(c2C#N)Nc2ccc(Br)cc2CC3)cc1. The summed E-state index contributed by atoms with van der Waals surface area (Å²) in [6.07, 6.45) is 0.808. The van der Waals surface area contributed by atoms with Gasteiger partial charge in [0.1, 0.15) is 23.1 Å². The van der Waals surface area contributed by atoms with Crippen LogP contribution in [0.3, 0.4) is 0 Å². The van der Waals surface area contributed by atoms with Crippen LogP contribution in [0.2, 0.25) is 0 Å². The van der Waals surface area contributed by atoms with Gasteiger partial charge < -0.3 is 10.1 Å². The van der Waals surface area contributed by atoms with Crippen LogP contribution in [0.25, 0.3) is 11.3 Å². The fourth-order valence-electron chi connectivity index (χ4n) is 3.19. The summed E-state index contributed by atoms with van der Waals surface area (Å²) in [5.41, 5.74) is 4.45. The molecule has 2 heterocycles. The van der Waals surface area contributed by atoms with Crippen LogP contribution < -0.4 is 5.32 Å². The molecular weight excluding hydrogens is 408 g/mol. The van der Waals surface area contributed by atoms with Crippen molar-refractivity contribution in [2.45, 2.75) is 13.0 Å². The smallest absolute Gasteiger partial charge is 0.337 e. The predicted molar refractivity (Wildman–Crippen MR) is 105 cm³/mol. The van der Waals surface area contributed by atoms with Gasteiger partial charge in [0.05, 0.1) is 12.7 Å². The van der Waals surface area contributed by atoms with Crippen molar-refractivity contribution in [3.05, 3.63) is 63.6 Å². The first-order valence-corrected chi connectivity index (χ1v) is 9.15. The number of nitriles is 1. The van der Waals surface area contributed by atoms with Crippen molar-refractivity contribution in [1.29, 1.82) is 5.26 Å². The van der Waals surface area contributed by atoms with Gasteiger partial charge in [0.25, 0.3) is 0 Å². The number of methoxy groups -OCH3 is 1. The van der Waals surface area contributed by atoms with Crippen molar-refractivity contribution in [1.82, 2.24) is 9.78 Å². The number of anilines is 2. The Morgan fingerprint density at radius 1 is 1.30 bits per heavy atom. The maximum absolute atomic E-state index is 11.6. The minimum Gasteiger partial charge on any atom is -0.465 e. The van der Waals surface area contributed by atoms with Gasteiger partial charge in [-0.05, 0) is 42.3 Å². The van der Waals surface area contributed by atoms with Gasteiger partial charge in [0.15, 0.2) is 0 Å². The third-order valence-electron chi connectivity index (χ3n) is 4.56. The molecule has 3 aromatic rings. The Labute approximate surface area is 164 Å². The normalized spacial score (nSPS) is 12.2. The summed E-state index contributed by atoms with van der Waals surface area (Å²) >= 11 is 3.50. The van der Waals surface area contributed by atoms with Crippen molar-refractivity contribution in [2.75, 3.05) is 12.4 Å². The number of nitrogens with one attached hydrogen (secondary N) is 1. The number of fused-ring (bicyclic) bond motifs is 2. The van der Waals surface area contributed by atoms with Gasteiger partial charge in [-0.25, -0.2) is 9.48 Å². The third-order valence-corrected chi connectivity index (χ3v) is 5.05. The summed E-state index contributed by atoms with van der Waals surface area (Å²) in [7, 11) is 1.35. The lowest BCUT2D eigenvalue weighted by atomic mass is 10.1. The van der Waals surface area contributed by atoms with Crippen molar-refractivity contribution < 1.29 is 9.53 Å². The minimum absolute atomic E-state index is 0.396. The van der Waals surface area contributed by atoms with E-state index in [1.54, 1.807) is 24.3 Å². The van der Waals surface area contributed by atoms with Crippen LogP contribution in [0.5, 0.6) is 0 Å². The van der Waals surface area contributed by atoms with E-state index >= 15 is 0 Å². The molecule has 0 atom stereocenters. The van der Waals surface area contributed by atoms with Gasteiger partial charge in [-0.15, -0.1) is 0 Å². The van der Waals surface area contributed by atoms with E-state index in [1.807, 2.05) is 16.8 Å². The molecule has 4 rings (SSSR count). The van der Waals surface area contributed by atoms with E-state index in [4.69, 9.17) is 4.74 Å². The van der Waals surface area contributed by atoms with Gasteiger partial charge in [-0.1, -0.05) is 28.1 Å². The van der Waals surface area contributed by atoms with Gasteiger partial charge in [-0.3, -0.25) is 0 Å². The van der Waals surface area contributed by atoms with Gasteiger partial charge in [0, 0.05) is 22.3 Å². The average molecular weight is 423 g/mol. The molecule has 6 nitrogen and oxygen atoms in total. The minimum atomic E-state index is -0.396. The summed E-state index contributed by atoms with van der Waals surface area (Å²) in [6.45, 7) is 0.667. The Balaban J connectivity index is 1.76. The van der Waals surface area contributed by atoms with Crippen molar-refractivity contribution >= 4 is 33.4 Å². The van der Waals surface area contributed by atoms with Crippen molar-refractivity contribution in [2.24, 2.45) is 0 Å². The largest absolute Gasteiger partial charge is 0.465 e.